The number of hydrogen-bond donors (Lipinski definition) is 1. The first kappa shape index (κ1) is 15.1. The van der Waals surface area contributed by atoms with Gasteiger partial charge >= 0.3 is 0 Å². The molecule has 1 heterocycles. The lowest BCUT2D eigenvalue weighted by Crippen LogP contribution is -2.48. The Hall–Kier alpha value is -0.940. The first-order valence-corrected chi connectivity index (χ1v) is 6.48. The number of nitrogens with one attached hydrogen (secondary N) is 1. The molecule has 2 amide bonds. The highest BCUT2D eigenvalue weighted by molar-refractivity contribution is 5.98. The molecule has 0 aliphatic carbocycles. The van der Waals surface area contributed by atoms with Crippen LogP contribution >= 0.6 is 0 Å². The number of hydrogen-bond acceptors (Lipinski definition) is 4. The van der Waals surface area contributed by atoms with Gasteiger partial charge in [0.2, 0.25) is 11.8 Å². The average Bonchev–Trinajstić information content (AvgIpc) is 2.29. The Morgan fingerprint density at radius 2 is 1.83 bits per heavy atom. The van der Waals surface area contributed by atoms with Gasteiger partial charge < -0.3 is 4.74 Å². The largest absolute Gasteiger partial charge is 0.379 e. The minimum absolute atomic E-state index is 0.189. The standard InChI is InChI=1S/C13H24N2O3/c1-10(2)13(3,4)12(17)14-11(16)9-15-5-7-18-8-6-15/h10H,5-9H2,1-4H3,(H,14,16,17). The fourth-order valence-electron chi connectivity index (χ4n) is 1.55. The smallest absolute Gasteiger partial charge is 0.240 e. The Labute approximate surface area is 109 Å². The van der Waals surface area contributed by atoms with Gasteiger partial charge in [0, 0.05) is 18.5 Å². The van der Waals surface area contributed by atoms with Crippen molar-refractivity contribution in [3.8, 4) is 0 Å². The monoisotopic (exact) mass is 256 g/mol. The van der Waals surface area contributed by atoms with Gasteiger partial charge in [-0.05, 0) is 5.92 Å². The maximum Gasteiger partial charge on any atom is 0.240 e. The third-order valence-electron chi connectivity index (χ3n) is 3.75. The van der Waals surface area contributed by atoms with Crippen molar-refractivity contribution < 1.29 is 14.3 Å². The second-order valence-corrected chi connectivity index (χ2v) is 5.64. The van der Waals surface area contributed by atoms with Gasteiger partial charge in [-0.15, -0.1) is 0 Å². The minimum atomic E-state index is -0.527. The van der Waals surface area contributed by atoms with Crippen LogP contribution in [0.2, 0.25) is 0 Å². The van der Waals surface area contributed by atoms with Crippen molar-refractivity contribution in [1.82, 2.24) is 10.2 Å². The highest BCUT2D eigenvalue weighted by Gasteiger charge is 2.32. The Morgan fingerprint density at radius 1 is 1.28 bits per heavy atom. The third kappa shape index (κ3) is 4.07. The highest BCUT2D eigenvalue weighted by atomic mass is 16.5. The molecule has 5 nitrogen and oxygen atoms in total. The average molecular weight is 256 g/mol. The fraction of sp³-hybridized carbons (Fsp3) is 0.846. The number of amides is 2. The van der Waals surface area contributed by atoms with E-state index < -0.39 is 5.41 Å². The van der Waals surface area contributed by atoms with Gasteiger partial charge in [-0.1, -0.05) is 27.7 Å². The molecule has 0 aromatic rings. The van der Waals surface area contributed by atoms with Crippen molar-refractivity contribution in [2.24, 2.45) is 11.3 Å². The van der Waals surface area contributed by atoms with Crippen molar-refractivity contribution in [3.05, 3.63) is 0 Å². The summed E-state index contributed by atoms with van der Waals surface area (Å²) >= 11 is 0. The molecule has 1 rings (SSSR count). The molecule has 0 spiro atoms. The van der Waals surface area contributed by atoms with Crippen molar-refractivity contribution in [1.29, 1.82) is 0 Å². The summed E-state index contributed by atoms with van der Waals surface area (Å²) in [6, 6.07) is 0. The van der Waals surface area contributed by atoms with E-state index in [2.05, 4.69) is 5.32 Å². The number of carbonyl (C=O) groups is 2. The zero-order valence-electron chi connectivity index (χ0n) is 11.8. The van der Waals surface area contributed by atoms with Crippen molar-refractivity contribution in [2.75, 3.05) is 32.8 Å². The van der Waals surface area contributed by atoms with Crippen molar-refractivity contribution >= 4 is 11.8 Å². The van der Waals surface area contributed by atoms with E-state index in [-0.39, 0.29) is 24.3 Å². The summed E-state index contributed by atoms with van der Waals surface area (Å²) < 4.78 is 5.21. The normalized spacial score (nSPS) is 17.8. The van der Waals surface area contributed by atoms with Crippen LogP contribution in [0, 0.1) is 11.3 Å². The quantitative estimate of drug-likeness (QED) is 0.802. The third-order valence-corrected chi connectivity index (χ3v) is 3.75. The lowest BCUT2D eigenvalue weighted by atomic mass is 9.80. The van der Waals surface area contributed by atoms with E-state index in [1.54, 1.807) is 0 Å². The van der Waals surface area contributed by atoms with Gasteiger partial charge in [0.1, 0.15) is 0 Å². The first-order chi connectivity index (χ1) is 8.34. The molecule has 0 saturated carbocycles. The number of morpholine rings is 1. The first-order valence-electron chi connectivity index (χ1n) is 6.48. The second-order valence-electron chi connectivity index (χ2n) is 5.64. The topological polar surface area (TPSA) is 58.6 Å². The summed E-state index contributed by atoms with van der Waals surface area (Å²) in [6.45, 7) is 10.7. The van der Waals surface area contributed by atoms with Gasteiger partial charge in [0.05, 0.1) is 19.8 Å². The van der Waals surface area contributed by atoms with Crippen LogP contribution in [0.15, 0.2) is 0 Å². The number of carbonyl (C=O) groups excluding carboxylic acids is 2. The number of imide groups is 1. The van der Waals surface area contributed by atoms with E-state index in [1.165, 1.54) is 0 Å². The zero-order chi connectivity index (χ0) is 13.8. The summed E-state index contributed by atoms with van der Waals surface area (Å²) in [5.41, 5.74) is -0.527. The van der Waals surface area contributed by atoms with Gasteiger partial charge in [-0.2, -0.15) is 0 Å². The molecule has 1 aliphatic rings. The maximum atomic E-state index is 12.0. The fourth-order valence-corrected chi connectivity index (χ4v) is 1.55. The van der Waals surface area contributed by atoms with Crippen LogP contribution < -0.4 is 5.32 Å². The summed E-state index contributed by atoms with van der Waals surface area (Å²) in [4.78, 5) is 25.8. The van der Waals surface area contributed by atoms with E-state index in [1.807, 2.05) is 32.6 Å². The van der Waals surface area contributed by atoms with E-state index in [0.717, 1.165) is 13.1 Å². The van der Waals surface area contributed by atoms with Crippen LogP contribution in [-0.4, -0.2) is 49.6 Å². The van der Waals surface area contributed by atoms with Crippen LogP contribution in [0.3, 0.4) is 0 Å². The van der Waals surface area contributed by atoms with Crippen LogP contribution in [-0.2, 0) is 14.3 Å². The number of nitrogens with zero attached hydrogens (tertiary/aromatic N) is 1. The molecule has 18 heavy (non-hydrogen) atoms. The molecule has 0 bridgehead atoms. The zero-order valence-corrected chi connectivity index (χ0v) is 11.8. The van der Waals surface area contributed by atoms with Gasteiger partial charge in [0.15, 0.2) is 0 Å². The molecule has 0 unspecified atom stereocenters. The number of ether oxygens (including phenoxy) is 1. The SMILES string of the molecule is CC(C)C(C)(C)C(=O)NC(=O)CN1CCOCC1. The molecule has 0 aromatic carbocycles. The van der Waals surface area contributed by atoms with Gasteiger partial charge in [-0.25, -0.2) is 0 Å². The number of rotatable bonds is 4. The summed E-state index contributed by atoms with van der Waals surface area (Å²) in [7, 11) is 0. The summed E-state index contributed by atoms with van der Waals surface area (Å²) in [5.74, 6) is -0.236. The molecular formula is C13H24N2O3. The molecule has 1 fully saturated rings. The predicted octanol–water partition coefficient (Wildman–Crippen LogP) is 0.644. The molecule has 1 saturated heterocycles. The van der Waals surface area contributed by atoms with Gasteiger partial charge in [-0.3, -0.25) is 19.8 Å². The van der Waals surface area contributed by atoms with E-state index in [0.29, 0.717) is 13.2 Å². The Bertz CT molecular complexity index is 307. The van der Waals surface area contributed by atoms with E-state index in [4.69, 9.17) is 4.74 Å². The van der Waals surface area contributed by atoms with Crippen LogP contribution in [0.5, 0.6) is 0 Å². The molecule has 1 N–H and O–H groups in total. The molecule has 104 valence electrons. The van der Waals surface area contributed by atoms with Crippen LogP contribution in [0.4, 0.5) is 0 Å². The summed E-state index contributed by atoms with van der Waals surface area (Å²) in [5, 5.41) is 2.49. The Morgan fingerprint density at radius 3 is 2.33 bits per heavy atom. The Kier molecular flexibility index (Phi) is 5.28. The van der Waals surface area contributed by atoms with Gasteiger partial charge in [0.25, 0.3) is 0 Å². The van der Waals surface area contributed by atoms with E-state index in [9.17, 15) is 9.59 Å². The molecular weight excluding hydrogens is 232 g/mol. The molecule has 0 radical (unpaired) electrons. The molecule has 1 aliphatic heterocycles. The second kappa shape index (κ2) is 6.29. The lowest BCUT2D eigenvalue weighted by molar-refractivity contribution is -0.138. The lowest BCUT2D eigenvalue weighted by Gasteiger charge is -2.29. The molecule has 0 atom stereocenters. The minimum Gasteiger partial charge on any atom is -0.379 e. The predicted molar refractivity (Wildman–Crippen MR) is 69.0 cm³/mol. The molecule has 5 heteroatoms. The highest BCUT2D eigenvalue weighted by Crippen LogP contribution is 2.25. The maximum absolute atomic E-state index is 12.0. The van der Waals surface area contributed by atoms with Crippen molar-refractivity contribution in [3.63, 3.8) is 0 Å². The van der Waals surface area contributed by atoms with Crippen molar-refractivity contribution in [2.45, 2.75) is 27.7 Å². The Balaban J connectivity index is 2.42. The van der Waals surface area contributed by atoms with E-state index >= 15 is 0 Å². The summed E-state index contributed by atoms with van der Waals surface area (Å²) in [6.07, 6.45) is 0. The molecule has 0 aromatic heterocycles. The van der Waals surface area contributed by atoms with Crippen LogP contribution in [0.25, 0.3) is 0 Å². The van der Waals surface area contributed by atoms with Crippen LogP contribution in [0.1, 0.15) is 27.7 Å².